The molecule has 1 N–H and O–H groups in total. The molecule has 1 aliphatic carbocycles. The van der Waals surface area contributed by atoms with Crippen LogP contribution in [0.2, 0.25) is 0 Å². The topological polar surface area (TPSA) is 92.3 Å². The lowest BCUT2D eigenvalue weighted by atomic mass is 9.70. The van der Waals surface area contributed by atoms with Crippen molar-refractivity contribution in [1.29, 1.82) is 5.26 Å². The Morgan fingerprint density at radius 1 is 1.27 bits per heavy atom. The standard InChI is InChI=1S/C23H20N2O4S/c1-2-28-22(27)19-16-10-11-23(14-24,15-7-4-3-5-8-15)13-18(16)30-21(19)25-20(26)17-9-6-12-29-17/h3-9,12H,2,10-11,13H2,1H3,(H,25,26). The number of esters is 1. The Bertz CT molecular complexity index is 1110. The van der Waals surface area contributed by atoms with Crippen LogP contribution in [0.5, 0.6) is 0 Å². The summed E-state index contributed by atoms with van der Waals surface area (Å²) in [6.45, 7) is 1.98. The van der Waals surface area contributed by atoms with Gasteiger partial charge in [-0.3, -0.25) is 4.79 Å². The second kappa shape index (κ2) is 8.17. The first-order valence-corrected chi connectivity index (χ1v) is 10.5. The minimum atomic E-state index is -0.659. The number of ether oxygens (including phenoxy) is 1. The van der Waals surface area contributed by atoms with Crippen molar-refractivity contribution in [3.05, 3.63) is 76.1 Å². The molecular formula is C23H20N2O4S. The van der Waals surface area contributed by atoms with Crippen molar-refractivity contribution in [2.45, 2.75) is 31.6 Å². The molecule has 0 radical (unpaired) electrons. The number of nitriles is 1. The number of amides is 1. The molecule has 2 aromatic heterocycles. The van der Waals surface area contributed by atoms with Gasteiger partial charge in [0.1, 0.15) is 5.00 Å². The molecule has 0 aliphatic heterocycles. The maximum Gasteiger partial charge on any atom is 0.341 e. The molecule has 1 aliphatic rings. The Morgan fingerprint density at radius 2 is 2.07 bits per heavy atom. The number of nitrogens with one attached hydrogen (secondary N) is 1. The van der Waals surface area contributed by atoms with E-state index in [9.17, 15) is 14.9 Å². The molecule has 4 rings (SSSR count). The summed E-state index contributed by atoms with van der Waals surface area (Å²) in [5.74, 6) is -0.737. The van der Waals surface area contributed by atoms with E-state index in [2.05, 4.69) is 11.4 Å². The quantitative estimate of drug-likeness (QED) is 0.603. The fourth-order valence-corrected chi connectivity index (χ4v) is 5.21. The largest absolute Gasteiger partial charge is 0.462 e. The Morgan fingerprint density at radius 3 is 2.73 bits per heavy atom. The number of carbonyl (C=O) groups is 2. The van der Waals surface area contributed by atoms with Gasteiger partial charge in [0.05, 0.1) is 29.9 Å². The Balaban J connectivity index is 1.73. The molecule has 0 fully saturated rings. The lowest BCUT2D eigenvalue weighted by Crippen LogP contribution is -2.31. The van der Waals surface area contributed by atoms with Gasteiger partial charge in [0.15, 0.2) is 5.76 Å². The highest BCUT2D eigenvalue weighted by molar-refractivity contribution is 7.17. The maximum atomic E-state index is 12.7. The van der Waals surface area contributed by atoms with E-state index in [1.54, 1.807) is 19.1 Å². The van der Waals surface area contributed by atoms with Crippen LogP contribution in [-0.2, 0) is 23.0 Å². The van der Waals surface area contributed by atoms with Crippen LogP contribution in [-0.4, -0.2) is 18.5 Å². The van der Waals surface area contributed by atoms with Crippen molar-refractivity contribution < 1.29 is 18.7 Å². The van der Waals surface area contributed by atoms with Crippen LogP contribution < -0.4 is 5.32 Å². The van der Waals surface area contributed by atoms with Gasteiger partial charge in [0.2, 0.25) is 0 Å². The number of benzene rings is 1. The van der Waals surface area contributed by atoms with Gasteiger partial charge in [-0.25, -0.2) is 4.79 Å². The monoisotopic (exact) mass is 420 g/mol. The molecule has 1 atom stereocenters. The average molecular weight is 420 g/mol. The molecule has 7 heteroatoms. The van der Waals surface area contributed by atoms with E-state index >= 15 is 0 Å². The number of fused-ring (bicyclic) bond motifs is 1. The molecule has 1 aromatic carbocycles. The minimum Gasteiger partial charge on any atom is -0.462 e. The van der Waals surface area contributed by atoms with Crippen LogP contribution in [0, 0.1) is 11.3 Å². The number of nitrogens with zero attached hydrogens (tertiary/aromatic N) is 1. The summed E-state index contributed by atoms with van der Waals surface area (Å²) in [7, 11) is 0. The maximum absolute atomic E-state index is 12.7. The van der Waals surface area contributed by atoms with Crippen molar-refractivity contribution in [1.82, 2.24) is 0 Å². The van der Waals surface area contributed by atoms with E-state index in [0.717, 1.165) is 16.0 Å². The molecule has 1 unspecified atom stereocenters. The first-order chi connectivity index (χ1) is 14.6. The summed E-state index contributed by atoms with van der Waals surface area (Å²) >= 11 is 1.33. The molecule has 3 aromatic rings. The fraction of sp³-hybridized carbons (Fsp3) is 0.261. The zero-order valence-corrected chi connectivity index (χ0v) is 17.3. The minimum absolute atomic E-state index is 0.159. The van der Waals surface area contributed by atoms with Crippen LogP contribution in [0.25, 0.3) is 0 Å². The molecule has 0 bridgehead atoms. The predicted octanol–water partition coefficient (Wildman–Crippen LogP) is 4.72. The van der Waals surface area contributed by atoms with Gasteiger partial charge >= 0.3 is 5.97 Å². The molecule has 30 heavy (non-hydrogen) atoms. The van der Waals surface area contributed by atoms with Crippen LogP contribution in [0.15, 0.2) is 53.1 Å². The third kappa shape index (κ3) is 3.51. The van der Waals surface area contributed by atoms with E-state index in [1.807, 2.05) is 30.3 Å². The van der Waals surface area contributed by atoms with Crippen molar-refractivity contribution in [2.24, 2.45) is 0 Å². The summed E-state index contributed by atoms with van der Waals surface area (Å²) in [5, 5.41) is 13.3. The third-order valence-electron chi connectivity index (χ3n) is 5.35. The summed E-state index contributed by atoms with van der Waals surface area (Å²) in [5.41, 5.74) is 1.55. The molecular weight excluding hydrogens is 400 g/mol. The van der Waals surface area contributed by atoms with E-state index in [0.29, 0.717) is 29.8 Å². The number of hydrogen-bond donors (Lipinski definition) is 1. The fourth-order valence-electron chi connectivity index (χ4n) is 3.86. The SMILES string of the molecule is CCOC(=O)c1c(NC(=O)c2ccco2)sc2c1CCC(C#N)(c1ccccc1)C2. The highest BCUT2D eigenvalue weighted by Crippen LogP contribution is 2.45. The Labute approximate surface area is 178 Å². The number of hydrogen-bond acceptors (Lipinski definition) is 6. The Kier molecular flexibility index (Phi) is 5.42. The third-order valence-corrected chi connectivity index (χ3v) is 6.49. The van der Waals surface area contributed by atoms with E-state index in [-0.39, 0.29) is 12.4 Å². The summed E-state index contributed by atoms with van der Waals surface area (Å²) < 4.78 is 10.4. The molecule has 2 heterocycles. The van der Waals surface area contributed by atoms with Gasteiger partial charge < -0.3 is 14.5 Å². The lowest BCUT2D eigenvalue weighted by molar-refractivity contribution is 0.0526. The number of furan rings is 1. The van der Waals surface area contributed by atoms with Crippen molar-refractivity contribution in [3.8, 4) is 6.07 Å². The van der Waals surface area contributed by atoms with Gasteiger partial charge in [-0.15, -0.1) is 11.3 Å². The van der Waals surface area contributed by atoms with Crippen molar-refractivity contribution in [3.63, 3.8) is 0 Å². The lowest BCUT2D eigenvalue weighted by Gasteiger charge is -2.31. The molecule has 152 valence electrons. The number of anilines is 1. The van der Waals surface area contributed by atoms with Gasteiger partial charge in [-0.2, -0.15) is 5.26 Å². The van der Waals surface area contributed by atoms with E-state index in [4.69, 9.17) is 9.15 Å². The van der Waals surface area contributed by atoms with Crippen molar-refractivity contribution in [2.75, 3.05) is 11.9 Å². The highest BCUT2D eigenvalue weighted by atomic mass is 32.1. The smallest absolute Gasteiger partial charge is 0.341 e. The van der Waals surface area contributed by atoms with Crippen LogP contribution in [0.1, 0.15) is 50.3 Å². The second-order valence-electron chi connectivity index (χ2n) is 7.10. The van der Waals surface area contributed by atoms with Gasteiger partial charge in [0.25, 0.3) is 5.91 Å². The average Bonchev–Trinajstić information content (AvgIpc) is 3.42. The van der Waals surface area contributed by atoms with Crippen LogP contribution >= 0.6 is 11.3 Å². The Hall–Kier alpha value is -3.37. The molecule has 0 spiro atoms. The first kappa shape index (κ1) is 19.9. The normalized spacial score (nSPS) is 17.6. The van der Waals surface area contributed by atoms with Crippen LogP contribution in [0.3, 0.4) is 0 Å². The van der Waals surface area contributed by atoms with Crippen LogP contribution in [0.4, 0.5) is 5.00 Å². The number of thiophene rings is 1. The van der Waals surface area contributed by atoms with E-state index < -0.39 is 17.3 Å². The molecule has 0 saturated heterocycles. The zero-order valence-electron chi connectivity index (χ0n) is 16.4. The van der Waals surface area contributed by atoms with E-state index in [1.165, 1.54) is 17.6 Å². The molecule has 0 saturated carbocycles. The first-order valence-electron chi connectivity index (χ1n) is 9.71. The van der Waals surface area contributed by atoms with Crippen molar-refractivity contribution >= 4 is 28.2 Å². The number of carbonyl (C=O) groups excluding carboxylic acids is 2. The second-order valence-corrected chi connectivity index (χ2v) is 8.20. The van der Waals surface area contributed by atoms with Gasteiger partial charge in [-0.05, 0) is 43.0 Å². The van der Waals surface area contributed by atoms with Gasteiger partial charge in [-0.1, -0.05) is 30.3 Å². The summed E-state index contributed by atoms with van der Waals surface area (Å²) in [6, 6.07) is 15.4. The highest BCUT2D eigenvalue weighted by Gasteiger charge is 2.40. The predicted molar refractivity (Wildman–Crippen MR) is 113 cm³/mol. The summed E-state index contributed by atoms with van der Waals surface area (Å²) in [4.78, 5) is 26.2. The van der Waals surface area contributed by atoms with Gasteiger partial charge in [0, 0.05) is 11.3 Å². The number of rotatable bonds is 5. The molecule has 1 amide bonds. The molecule has 6 nitrogen and oxygen atoms in total. The zero-order chi connectivity index (χ0) is 21.1. The summed E-state index contributed by atoms with van der Waals surface area (Å²) in [6.07, 6.45) is 3.05.